The van der Waals surface area contributed by atoms with Crippen molar-refractivity contribution in [3.63, 3.8) is 0 Å². The predicted octanol–water partition coefficient (Wildman–Crippen LogP) is -0.774. The van der Waals surface area contributed by atoms with E-state index in [0.29, 0.717) is 0 Å². The molecule has 2 aromatic rings. The van der Waals surface area contributed by atoms with Gasteiger partial charge in [-0.1, -0.05) is 12.1 Å². The Morgan fingerprint density at radius 3 is 2.83 bits per heavy atom. The smallest absolute Gasteiger partial charge is 0.400 e. The number of anilines is 1. The minimum absolute atomic E-state index is 0. The van der Waals surface area contributed by atoms with Gasteiger partial charge in [0.25, 0.3) is 0 Å². The second-order valence-electron chi connectivity index (χ2n) is 2.52. The third kappa shape index (κ3) is 1.81. The summed E-state index contributed by atoms with van der Waals surface area (Å²) < 4.78 is 0. The summed E-state index contributed by atoms with van der Waals surface area (Å²) in [5.74, 6) is 0. The summed E-state index contributed by atoms with van der Waals surface area (Å²) >= 11 is 0. The van der Waals surface area contributed by atoms with Crippen molar-refractivity contribution in [1.82, 2.24) is 0 Å². The van der Waals surface area contributed by atoms with Crippen LogP contribution in [0.25, 0.3) is 10.8 Å². The van der Waals surface area contributed by atoms with Gasteiger partial charge >= 0.3 is 29.6 Å². The fourth-order valence-electron chi connectivity index (χ4n) is 1.14. The average molecular weight is 165 g/mol. The molecule has 0 saturated carbocycles. The molecule has 2 aromatic carbocycles. The summed E-state index contributed by atoms with van der Waals surface area (Å²) in [5, 5.41) is 2.26. The van der Waals surface area contributed by atoms with Crippen molar-refractivity contribution in [2.24, 2.45) is 0 Å². The van der Waals surface area contributed by atoms with Crippen LogP contribution in [-0.4, -0.2) is 0 Å². The molecule has 0 saturated heterocycles. The number of fused-ring (bicyclic) bond motifs is 1. The topological polar surface area (TPSA) is 26.0 Å². The van der Waals surface area contributed by atoms with E-state index in [1.165, 1.54) is 0 Å². The van der Waals surface area contributed by atoms with Crippen LogP contribution in [0.2, 0.25) is 0 Å². The molecule has 12 heavy (non-hydrogen) atoms. The molecule has 0 fully saturated rings. The molecule has 0 spiro atoms. The zero-order valence-corrected chi connectivity index (χ0v) is 9.04. The van der Waals surface area contributed by atoms with Crippen molar-refractivity contribution in [2.75, 3.05) is 5.73 Å². The molecule has 0 unspecified atom stereocenters. The van der Waals surface area contributed by atoms with E-state index in [-0.39, 0.29) is 29.6 Å². The van der Waals surface area contributed by atoms with Crippen molar-refractivity contribution in [3.8, 4) is 0 Å². The molecular weight excluding hydrogens is 157 g/mol. The number of nitrogens with two attached hydrogens (primary N) is 1. The van der Waals surface area contributed by atoms with Gasteiger partial charge in [0.2, 0.25) is 0 Å². The van der Waals surface area contributed by atoms with E-state index in [4.69, 9.17) is 5.73 Å². The maximum atomic E-state index is 5.61. The first-order valence-corrected chi connectivity index (χ1v) is 3.52. The zero-order chi connectivity index (χ0) is 7.68. The van der Waals surface area contributed by atoms with E-state index in [2.05, 4.69) is 6.07 Å². The molecular formula is C10H8NNa. The monoisotopic (exact) mass is 165 g/mol. The predicted molar refractivity (Wildman–Crippen MR) is 47.2 cm³/mol. The first kappa shape index (κ1) is 9.59. The molecule has 54 valence electrons. The van der Waals surface area contributed by atoms with Gasteiger partial charge in [-0.05, 0) is 0 Å². The van der Waals surface area contributed by atoms with Gasteiger partial charge in [-0.2, -0.15) is 0 Å². The maximum Gasteiger partial charge on any atom is 1.00 e. The molecule has 0 bridgehead atoms. The molecule has 0 aromatic heterocycles. The Hall–Kier alpha value is -0.500. The summed E-state index contributed by atoms with van der Waals surface area (Å²) in [6.07, 6.45) is 0. The Kier molecular flexibility index (Phi) is 3.15. The van der Waals surface area contributed by atoms with Gasteiger partial charge in [0.15, 0.2) is 0 Å². The number of benzene rings is 2. The summed E-state index contributed by atoms with van der Waals surface area (Å²) in [6.45, 7) is 0. The van der Waals surface area contributed by atoms with Crippen molar-refractivity contribution in [1.29, 1.82) is 0 Å². The van der Waals surface area contributed by atoms with Crippen LogP contribution in [-0.2, 0) is 0 Å². The fraction of sp³-hybridized carbons (Fsp3) is 0. The molecule has 2 N–H and O–H groups in total. The molecule has 1 nitrogen and oxygen atoms in total. The van der Waals surface area contributed by atoms with Crippen molar-refractivity contribution in [3.05, 3.63) is 42.5 Å². The van der Waals surface area contributed by atoms with Gasteiger partial charge in [0, 0.05) is 5.69 Å². The molecule has 0 aliphatic heterocycles. The molecule has 0 radical (unpaired) electrons. The van der Waals surface area contributed by atoms with E-state index in [1.807, 2.05) is 36.4 Å². The van der Waals surface area contributed by atoms with Gasteiger partial charge in [-0.3, -0.25) is 0 Å². The number of rotatable bonds is 0. The molecule has 0 atom stereocenters. The summed E-state index contributed by atoms with van der Waals surface area (Å²) in [5.41, 5.74) is 6.41. The fourth-order valence-corrected chi connectivity index (χ4v) is 1.14. The minimum Gasteiger partial charge on any atom is -0.400 e. The van der Waals surface area contributed by atoms with E-state index >= 15 is 0 Å². The van der Waals surface area contributed by atoms with Gasteiger partial charge in [-0.25, -0.2) is 0 Å². The first-order valence-electron chi connectivity index (χ1n) is 3.52. The number of nitrogen functional groups attached to an aromatic ring is 1. The molecule has 0 aliphatic carbocycles. The van der Waals surface area contributed by atoms with Crippen LogP contribution in [0, 0.1) is 6.07 Å². The van der Waals surface area contributed by atoms with Gasteiger partial charge in [-0.15, -0.1) is 41.1 Å². The Morgan fingerprint density at radius 2 is 2.00 bits per heavy atom. The van der Waals surface area contributed by atoms with E-state index in [1.54, 1.807) is 0 Å². The normalized spacial score (nSPS) is 9.33. The van der Waals surface area contributed by atoms with E-state index < -0.39 is 0 Å². The van der Waals surface area contributed by atoms with Crippen LogP contribution < -0.4 is 35.3 Å². The zero-order valence-electron chi connectivity index (χ0n) is 7.04. The quantitative estimate of drug-likeness (QED) is 0.309. The first-order chi connectivity index (χ1) is 5.36. The molecule has 0 heterocycles. The third-order valence-electron chi connectivity index (χ3n) is 1.69. The summed E-state index contributed by atoms with van der Waals surface area (Å²) in [7, 11) is 0. The van der Waals surface area contributed by atoms with Crippen LogP contribution in [0.4, 0.5) is 5.69 Å². The SMILES string of the molecule is Nc1ccc2[c-]cccc2c1.[Na+]. The van der Waals surface area contributed by atoms with Crippen molar-refractivity contribution < 1.29 is 29.6 Å². The van der Waals surface area contributed by atoms with Crippen molar-refractivity contribution in [2.45, 2.75) is 0 Å². The van der Waals surface area contributed by atoms with E-state index in [9.17, 15) is 0 Å². The standard InChI is InChI=1S/C10H8N.Na/c11-10-6-5-8-3-1-2-4-9(8)7-10;/h1-2,4-7H,11H2;/q-1;+1. The Labute approximate surface area is 93.9 Å². The number of hydrogen-bond acceptors (Lipinski definition) is 1. The van der Waals surface area contributed by atoms with Gasteiger partial charge in [0.1, 0.15) is 0 Å². The average Bonchev–Trinajstić information content (AvgIpc) is 2.04. The third-order valence-corrected chi connectivity index (χ3v) is 1.69. The molecule has 0 amide bonds. The summed E-state index contributed by atoms with van der Waals surface area (Å²) in [6, 6.07) is 14.8. The van der Waals surface area contributed by atoms with Crippen LogP contribution in [0.3, 0.4) is 0 Å². The van der Waals surface area contributed by atoms with E-state index in [0.717, 1.165) is 16.5 Å². The van der Waals surface area contributed by atoms with Gasteiger partial charge in [0.05, 0.1) is 0 Å². The van der Waals surface area contributed by atoms with Crippen LogP contribution in [0.1, 0.15) is 0 Å². The molecule has 0 aliphatic rings. The maximum absolute atomic E-state index is 5.61. The summed E-state index contributed by atoms with van der Waals surface area (Å²) in [4.78, 5) is 0. The molecule has 2 rings (SSSR count). The van der Waals surface area contributed by atoms with Gasteiger partial charge < -0.3 is 5.73 Å². The largest absolute Gasteiger partial charge is 1.00 e. The second kappa shape index (κ2) is 3.94. The molecule has 2 heteroatoms. The van der Waals surface area contributed by atoms with Crippen LogP contribution in [0.15, 0.2) is 36.4 Å². The van der Waals surface area contributed by atoms with Crippen LogP contribution >= 0.6 is 0 Å². The number of hydrogen-bond donors (Lipinski definition) is 1. The van der Waals surface area contributed by atoms with Crippen molar-refractivity contribution >= 4 is 16.5 Å². The minimum atomic E-state index is 0. The Morgan fingerprint density at radius 1 is 1.17 bits per heavy atom. The Bertz CT molecular complexity index is 384. The Balaban J connectivity index is 0.000000720. The van der Waals surface area contributed by atoms with Crippen LogP contribution in [0.5, 0.6) is 0 Å². The second-order valence-corrected chi connectivity index (χ2v) is 2.52.